The van der Waals surface area contributed by atoms with Crippen molar-refractivity contribution in [1.29, 1.82) is 0 Å². The van der Waals surface area contributed by atoms with Crippen LogP contribution in [0.25, 0.3) is 0 Å². The molecule has 1 nitrogen and oxygen atoms in total. The molecule has 0 amide bonds. The Kier molecular flexibility index (Phi) is 3.16. The normalized spacial score (nSPS) is 14.0. The van der Waals surface area contributed by atoms with Crippen molar-refractivity contribution in [3.8, 4) is 0 Å². The Morgan fingerprint density at radius 2 is 2.33 bits per heavy atom. The molecular formula is C4H9OP. The predicted molar refractivity (Wildman–Crippen MR) is 30.6 cm³/mol. The van der Waals surface area contributed by atoms with E-state index in [0.717, 1.165) is 8.58 Å². The topological polar surface area (TPSA) is 20.2 Å². The minimum Gasteiger partial charge on any atom is -0.513 e. The summed E-state index contributed by atoms with van der Waals surface area (Å²) in [5, 5.41) is 8.42. The molecule has 1 unspecified atom stereocenters. The fraction of sp³-hybridized carbons (Fsp3) is 0.500. The molecule has 6 heavy (non-hydrogen) atoms. The van der Waals surface area contributed by atoms with E-state index in [-0.39, 0.29) is 0 Å². The largest absolute Gasteiger partial charge is 0.513 e. The lowest BCUT2D eigenvalue weighted by Gasteiger charge is -1.80. The van der Waals surface area contributed by atoms with Crippen LogP contribution in [0.5, 0.6) is 0 Å². The number of hydrogen-bond acceptors (Lipinski definition) is 1. The van der Waals surface area contributed by atoms with E-state index in [2.05, 4.69) is 0 Å². The summed E-state index contributed by atoms with van der Waals surface area (Å²) >= 11 is 0. The van der Waals surface area contributed by atoms with Gasteiger partial charge in [0.15, 0.2) is 0 Å². The Hall–Kier alpha value is -0.0300. The van der Waals surface area contributed by atoms with Gasteiger partial charge >= 0.3 is 0 Å². The molecule has 0 bridgehead atoms. The molecule has 0 saturated heterocycles. The zero-order valence-electron chi connectivity index (χ0n) is 4.02. The zero-order chi connectivity index (χ0) is 4.99. The van der Waals surface area contributed by atoms with Gasteiger partial charge in [0.05, 0.1) is 5.76 Å². The van der Waals surface area contributed by atoms with E-state index in [1.54, 1.807) is 12.7 Å². The monoisotopic (exact) mass is 104 g/mol. The van der Waals surface area contributed by atoms with Crippen LogP contribution in [0.4, 0.5) is 0 Å². The average molecular weight is 104 g/mol. The first kappa shape index (κ1) is 5.97. The Balaban J connectivity index is 3.14. The summed E-state index contributed by atoms with van der Waals surface area (Å²) in [6, 6.07) is 0. The van der Waals surface area contributed by atoms with E-state index in [0.29, 0.717) is 5.76 Å². The van der Waals surface area contributed by atoms with Gasteiger partial charge < -0.3 is 5.11 Å². The summed E-state index contributed by atoms with van der Waals surface area (Å²) in [4.78, 5) is 0. The second-order valence-corrected chi connectivity index (χ2v) is 1.94. The number of allylic oxidation sites excluding steroid dienone is 1. The van der Waals surface area contributed by atoms with Gasteiger partial charge in [-0.05, 0) is 19.4 Å². The van der Waals surface area contributed by atoms with E-state index < -0.39 is 0 Å². The van der Waals surface area contributed by atoms with Gasteiger partial charge in [-0.15, -0.1) is 0 Å². The fourth-order valence-electron chi connectivity index (χ4n) is 0.209. The summed E-state index contributed by atoms with van der Waals surface area (Å²) < 4.78 is 0. The highest BCUT2D eigenvalue weighted by molar-refractivity contribution is 7.40. The van der Waals surface area contributed by atoms with Gasteiger partial charge in [-0.3, -0.25) is 0 Å². The molecule has 0 saturated carbocycles. The molecule has 2 heteroatoms. The number of aliphatic hydroxyl groups is 1. The Morgan fingerprint density at radius 1 is 1.83 bits per heavy atom. The highest BCUT2D eigenvalue weighted by atomic mass is 31.1. The number of rotatable bonds is 1. The van der Waals surface area contributed by atoms with Gasteiger partial charge in [0.1, 0.15) is 0 Å². The Labute approximate surface area is 39.9 Å². The van der Waals surface area contributed by atoms with Crippen molar-refractivity contribution < 1.29 is 5.11 Å². The zero-order valence-corrected chi connectivity index (χ0v) is 5.02. The summed E-state index contributed by atoms with van der Waals surface area (Å²) in [5.41, 5.74) is 0. The SMILES string of the molecule is CPC=C(C)O. The lowest BCUT2D eigenvalue weighted by molar-refractivity contribution is 0.416. The van der Waals surface area contributed by atoms with Crippen molar-refractivity contribution in [1.82, 2.24) is 0 Å². The molecule has 0 heterocycles. The number of aliphatic hydroxyl groups excluding tert-OH is 1. The van der Waals surface area contributed by atoms with Crippen LogP contribution in [0, 0.1) is 0 Å². The van der Waals surface area contributed by atoms with Crippen LogP contribution >= 0.6 is 8.58 Å². The van der Waals surface area contributed by atoms with E-state index in [1.807, 2.05) is 6.66 Å². The van der Waals surface area contributed by atoms with E-state index in [9.17, 15) is 0 Å². The van der Waals surface area contributed by atoms with Gasteiger partial charge in [-0.1, -0.05) is 8.58 Å². The first-order valence-electron chi connectivity index (χ1n) is 1.80. The third-order valence-corrected chi connectivity index (χ3v) is 1.06. The standard InChI is InChI=1S/C4H9OP/c1-4(5)3-6-2/h3,5-6H,1-2H3. The lowest BCUT2D eigenvalue weighted by Crippen LogP contribution is -1.60. The molecule has 1 N–H and O–H groups in total. The Morgan fingerprint density at radius 3 is 2.33 bits per heavy atom. The maximum Gasteiger partial charge on any atom is 0.0893 e. The fourth-order valence-corrected chi connectivity index (χ4v) is 0.627. The van der Waals surface area contributed by atoms with Gasteiger partial charge in [-0.2, -0.15) is 0 Å². The Bertz CT molecular complexity index is 54.6. The summed E-state index contributed by atoms with van der Waals surface area (Å²) in [6.07, 6.45) is 0. The molecule has 0 aliphatic heterocycles. The minimum absolute atomic E-state index is 0.427. The molecule has 0 aromatic rings. The van der Waals surface area contributed by atoms with Gasteiger partial charge in [-0.25, -0.2) is 0 Å². The predicted octanol–water partition coefficient (Wildman–Crippen LogP) is 1.71. The third kappa shape index (κ3) is 3.97. The van der Waals surface area contributed by atoms with Crippen LogP contribution in [-0.2, 0) is 0 Å². The highest BCUT2D eigenvalue weighted by Gasteiger charge is 1.69. The van der Waals surface area contributed by atoms with Crippen LogP contribution in [0.3, 0.4) is 0 Å². The van der Waals surface area contributed by atoms with E-state index in [1.165, 1.54) is 0 Å². The molecule has 1 atom stereocenters. The summed E-state index contributed by atoms with van der Waals surface area (Å²) in [5.74, 6) is 2.22. The molecule has 0 aliphatic rings. The first-order valence-corrected chi connectivity index (χ1v) is 3.38. The van der Waals surface area contributed by atoms with Crippen molar-refractivity contribution in [2.24, 2.45) is 0 Å². The molecule has 0 aromatic carbocycles. The van der Waals surface area contributed by atoms with E-state index >= 15 is 0 Å². The third-order valence-electron chi connectivity index (χ3n) is 0.353. The molecule has 0 radical (unpaired) electrons. The summed E-state index contributed by atoms with van der Waals surface area (Å²) in [7, 11) is 0.726. The lowest BCUT2D eigenvalue weighted by atomic mass is 10.7. The molecule has 0 aromatic heterocycles. The quantitative estimate of drug-likeness (QED) is 0.396. The van der Waals surface area contributed by atoms with Gasteiger partial charge in [0.25, 0.3) is 0 Å². The van der Waals surface area contributed by atoms with Gasteiger partial charge in [0.2, 0.25) is 0 Å². The molecule has 0 rings (SSSR count). The van der Waals surface area contributed by atoms with Gasteiger partial charge in [0, 0.05) is 0 Å². The second kappa shape index (κ2) is 3.17. The maximum absolute atomic E-state index is 8.42. The van der Waals surface area contributed by atoms with Crippen molar-refractivity contribution in [2.75, 3.05) is 6.66 Å². The molecule has 0 aliphatic carbocycles. The molecule has 36 valence electrons. The van der Waals surface area contributed by atoms with Crippen LogP contribution in [-0.4, -0.2) is 11.8 Å². The van der Waals surface area contributed by atoms with Crippen molar-refractivity contribution in [2.45, 2.75) is 6.92 Å². The molecule has 0 fully saturated rings. The average Bonchev–Trinajstić information content (AvgIpc) is 1.35. The van der Waals surface area contributed by atoms with E-state index in [4.69, 9.17) is 5.11 Å². The molecular weight excluding hydrogens is 95.0 g/mol. The smallest absolute Gasteiger partial charge is 0.0893 e. The minimum atomic E-state index is 0.427. The second-order valence-electron chi connectivity index (χ2n) is 1.07. The summed E-state index contributed by atoms with van der Waals surface area (Å²) in [6.45, 7) is 3.69. The highest BCUT2D eigenvalue weighted by Crippen LogP contribution is 2.05. The van der Waals surface area contributed by atoms with Crippen LogP contribution in [0.2, 0.25) is 0 Å². The van der Waals surface area contributed by atoms with Crippen LogP contribution < -0.4 is 0 Å². The van der Waals surface area contributed by atoms with Crippen molar-refractivity contribution >= 4 is 8.58 Å². The van der Waals surface area contributed by atoms with Crippen molar-refractivity contribution in [3.05, 3.63) is 11.6 Å². The van der Waals surface area contributed by atoms with Crippen LogP contribution in [0.1, 0.15) is 6.92 Å². The van der Waals surface area contributed by atoms with Crippen LogP contribution in [0.15, 0.2) is 11.6 Å². The van der Waals surface area contributed by atoms with Crippen molar-refractivity contribution in [3.63, 3.8) is 0 Å². The maximum atomic E-state index is 8.42. The number of hydrogen-bond donors (Lipinski definition) is 1. The molecule has 0 spiro atoms. The first-order chi connectivity index (χ1) is 2.77.